The van der Waals surface area contributed by atoms with Crippen LogP contribution in [0.4, 0.5) is 30.1 Å². The normalized spacial score (nSPS) is 18.6. The van der Waals surface area contributed by atoms with Gasteiger partial charge in [-0.3, -0.25) is 5.32 Å². The van der Waals surface area contributed by atoms with E-state index in [1.807, 2.05) is 11.0 Å². The minimum atomic E-state index is -4.11. The van der Waals surface area contributed by atoms with E-state index in [4.69, 9.17) is 18.6 Å². The number of carbonyl (C=O) groups excluding carboxylic acids is 2. The van der Waals surface area contributed by atoms with Crippen LogP contribution in [0.1, 0.15) is 78.0 Å². The number of likely N-dealkylation sites (tertiary alicyclic amines) is 1. The lowest BCUT2D eigenvalue weighted by molar-refractivity contribution is 0.0209. The lowest BCUT2D eigenvalue weighted by atomic mass is 9.90. The minimum absolute atomic E-state index is 0.0294. The fourth-order valence-corrected chi connectivity index (χ4v) is 8.15. The maximum Gasteiger partial charge on any atom is 0.414 e. The number of fused-ring (bicyclic) bond motifs is 6. The van der Waals surface area contributed by atoms with Crippen LogP contribution in [0, 0.1) is 23.0 Å². The zero-order valence-electron chi connectivity index (χ0n) is 30.9. The Morgan fingerprint density at radius 3 is 2.24 bits per heavy atom. The maximum absolute atomic E-state index is 17.5. The minimum Gasteiger partial charge on any atom is -0.444 e. The van der Waals surface area contributed by atoms with Crippen molar-refractivity contribution in [3.8, 4) is 17.2 Å². The molecule has 2 aromatic carbocycles. The van der Waals surface area contributed by atoms with Crippen LogP contribution in [0.3, 0.4) is 0 Å². The number of hydrogen-bond donors (Lipinski definition) is 1. The molecule has 2 fully saturated rings. The zero-order chi connectivity index (χ0) is 39.1. The quantitative estimate of drug-likeness (QED) is 0.207. The van der Waals surface area contributed by atoms with Gasteiger partial charge in [0.2, 0.25) is 20.9 Å². The van der Waals surface area contributed by atoms with E-state index in [-0.39, 0.29) is 100.0 Å². The molecule has 5 heterocycles. The van der Waals surface area contributed by atoms with Crippen LogP contribution >= 0.6 is 0 Å². The average molecular weight is 767 g/mol. The lowest BCUT2D eigenvalue weighted by Crippen LogP contribution is -2.56. The predicted molar refractivity (Wildman–Crippen MR) is 193 cm³/mol. The van der Waals surface area contributed by atoms with Crippen LogP contribution in [-0.2, 0) is 37.3 Å². The molecular weight excluding hydrogens is 727 g/mol. The number of anilines is 2. The molecule has 17 heteroatoms. The smallest absolute Gasteiger partial charge is 0.414 e. The molecule has 0 aliphatic carbocycles. The maximum atomic E-state index is 17.5. The Balaban J connectivity index is 1.44. The highest BCUT2D eigenvalue weighted by Gasteiger charge is 2.45. The Labute approximate surface area is 310 Å². The van der Waals surface area contributed by atoms with E-state index < -0.39 is 50.0 Å². The number of nitriles is 1. The van der Waals surface area contributed by atoms with Crippen LogP contribution in [-0.4, -0.2) is 77.6 Å². The van der Waals surface area contributed by atoms with Gasteiger partial charge in [-0.2, -0.15) is 5.26 Å². The molecule has 1 N–H and O–H groups in total. The van der Waals surface area contributed by atoms with Crippen molar-refractivity contribution < 1.29 is 45.4 Å². The van der Waals surface area contributed by atoms with Crippen molar-refractivity contribution in [2.24, 2.45) is 0 Å². The average Bonchev–Trinajstić information content (AvgIpc) is 3.76. The molecule has 2 unspecified atom stereocenters. The van der Waals surface area contributed by atoms with Gasteiger partial charge >= 0.3 is 12.2 Å². The first-order valence-corrected chi connectivity index (χ1v) is 19.2. The third kappa shape index (κ3) is 6.44. The zero-order valence-corrected chi connectivity index (χ0v) is 31.7. The first-order valence-electron chi connectivity index (χ1n) is 17.6. The first-order chi connectivity index (χ1) is 25.3. The third-order valence-corrected chi connectivity index (χ3v) is 11.1. The summed E-state index contributed by atoms with van der Waals surface area (Å²) in [5, 5.41) is 12.2. The van der Waals surface area contributed by atoms with Crippen molar-refractivity contribution >= 4 is 55.6 Å². The van der Waals surface area contributed by atoms with E-state index in [2.05, 4.69) is 15.3 Å². The highest BCUT2D eigenvalue weighted by Crippen LogP contribution is 2.48. The molecule has 7 rings (SSSR count). The number of rotatable bonds is 5. The number of aromatic nitrogens is 2. The fraction of sp³-hybridized carbons (Fsp3) is 0.486. The van der Waals surface area contributed by atoms with E-state index in [0.29, 0.717) is 18.4 Å². The van der Waals surface area contributed by atoms with Gasteiger partial charge in [-0.1, -0.05) is 6.92 Å². The van der Waals surface area contributed by atoms with E-state index in [1.54, 1.807) is 46.4 Å². The van der Waals surface area contributed by atoms with E-state index in [0.717, 1.165) is 6.07 Å². The number of ether oxygens (including phenoxy) is 3. The molecule has 2 atom stereocenters. The molecule has 3 aliphatic heterocycles. The van der Waals surface area contributed by atoms with Crippen molar-refractivity contribution in [3.63, 3.8) is 0 Å². The number of piperazine rings is 1. The summed E-state index contributed by atoms with van der Waals surface area (Å²) < 4.78 is 83.2. The summed E-state index contributed by atoms with van der Waals surface area (Å²) in [6, 6.07) is 3.63. The summed E-state index contributed by atoms with van der Waals surface area (Å²) in [4.78, 5) is 38.2. The molecule has 2 bridgehead atoms. The standard InChI is InChI=1S/C37H40F2N6O8S/c1-8-54(48,49)33-41-30-27(31(42-33)45-18-9-10-19(45)15-44(14-18)35(47)53-37(5,6)7)22-17-50-16-21(22)26(29(30)39)28-23(38)11-12-24-25(28)20(13-40)32(51-24)43-34(46)52-36(2,3)4/h11-12,18-19H,8-10,14-17H2,1-7H3,(H,43,46). The highest BCUT2D eigenvalue weighted by molar-refractivity contribution is 7.91. The van der Waals surface area contributed by atoms with E-state index >= 15 is 8.78 Å². The van der Waals surface area contributed by atoms with Crippen molar-refractivity contribution in [1.29, 1.82) is 5.26 Å². The second kappa shape index (κ2) is 13.0. The number of nitrogens with zero attached hydrogens (tertiary/aromatic N) is 5. The summed E-state index contributed by atoms with van der Waals surface area (Å²) in [7, 11) is -4.11. The van der Waals surface area contributed by atoms with Crippen LogP contribution in [0.15, 0.2) is 21.7 Å². The molecule has 0 radical (unpaired) electrons. The molecule has 3 aliphatic rings. The number of furan rings is 1. The van der Waals surface area contributed by atoms with Gasteiger partial charge in [-0.25, -0.2) is 36.8 Å². The van der Waals surface area contributed by atoms with Crippen LogP contribution < -0.4 is 10.2 Å². The second-order valence-electron chi connectivity index (χ2n) is 15.6. The van der Waals surface area contributed by atoms with Gasteiger partial charge in [0.15, 0.2) is 5.82 Å². The Morgan fingerprint density at radius 1 is 0.981 bits per heavy atom. The number of nitrogens with one attached hydrogen (secondary N) is 1. The van der Waals surface area contributed by atoms with Crippen molar-refractivity contribution in [2.45, 2.75) is 103 Å². The topological polar surface area (TPSA) is 177 Å². The number of sulfone groups is 1. The largest absolute Gasteiger partial charge is 0.444 e. The molecule has 2 saturated heterocycles. The van der Waals surface area contributed by atoms with Gasteiger partial charge in [0.25, 0.3) is 0 Å². The lowest BCUT2D eigenvalue weighted by Gasteiger charge is -2.42. The Kier molecular flexibility index (Phi) is 9.00. The van der Waals surface area contributed by atoms with Gasteiger partial charge in [0.05, 0.1) is 29.7 Å². The molecule has 14 nitrogen and oxygen atoms in total. The number of amides is 2. The Bertz CT molecular complexity index is 2380. The Morgan fingerprint density at radius 2 is 1.63 bits per heavy atom. The predicted octanol–water partition coefficient (Wildman–Crippen LogP) is 6.95. The molecule has 0 saturated carbocycles. The summed E-state index contributed by atoms with van der Waals surface area (Å²) in [5.41, 5.74) is -2.23. The van der Waals surface area contributed by atoms with Crippen LogP contribution in [0.25, 0.3) is 33.0 Å². The molecule has 2 amide bonds. The van der Waals surface area contributed by atoms with Crippen molar-refractivity contribution in [1.82, 2.24) is 14.9 Å². The molecule has 2 aromatic heterocycles. The molecule has 54 heavy (non-hydrogen) atoms. The second-order valence-corrected chi connectivity index (χ2v) is 17.8. The van der Waals surface area contributed by atoms with Crippen LogP contribution in [0.5, 0.6) is 0 Å². The van der Waals surface area contributed by atoms with Gasteiger partial charge in [-0.15, -0.1) is 0 Å². The third-order valence-electron chi connectivity index (χ3n) is 9.58. The van der Waals surface area contributed by atoms with Gasteiger partial charge in [-0.05, 0) is 77.6 Å². The van der Waals surface area contributed by atoms with Gasteiger partial charge in [0.1, 0.15) is 45.6 Å². The molecular formula is C37H40F2N6O8S. The summed E-state index contributed by atoms with van der Waals surface area (Å²) in [5.74, 6) is -2.49. The van der Waals surface area contributed by atoms with E-state index in [9.17, 15) is 23.3 Å². The number of hydrogen-bond acceptors (Lipinski definition) is 12. The number of benzene rings is 2. The fourth-order valence-electron chi connectivity index (χ4n) is 7.43. The highest BCUT2D eigenvalue weighted by atomic mass is 32.2. The first kappa shape index (κ1) is 37.2. The summed E-state index contributed by atoms with van der Waals surface area (Å²) in [6.07, 6.45) is -0.104. The SMILES string of the molecule is CCS(=O)(=O)c1nc(N2C3CCC2CN(C(=O)OC(C)(C)C)C3)c2c3c(c(-c4c(F)ccc5oc(NC(=O)OC(C)(C)C)c(C#N)c45)c(F)c2n1)COC3. The monoisotopic (exact) mass is 766 g/mol. The van der Waals surface area contributed by atoms with Crippen molar-refractivity contribution in [2.75, 3.05) is 29.1 Å². The molecule has 286 valence electrons. The number of carbonyl (C=O) groups is 2. The molecule has 4 aromatic rings. The summed E-state index contributed by atoms with van der Waals surface area (Å²) >= 11 is 0. The summed E-state index contributed by atoms with van der Waals surface area (Å²) in [6.45, 7) is 12.0. The Hall–Kier alpha value is -5.08. The number of halogens is 2. The van der Waals surface area contributed by atoms with Gasteiger partial charge < -0.3 is 28.4 Å². The molecule has 0 spiro atoms. The van der Waals surface area contributed by atoms with Crippen molar-refractivity contribution in [3.05, 3.63) is 40.5 Å². The van der Waals surface area contributed by atoms with E-state index in [1.165, 1.54) is 13.0 Å². The van der Waals surface area contributed by atoms with Gasteiger partial charge in [0, 0.05) is 36.3 Å². The van der Waals surface area contributed by atoms with Crippen LogP contribution in [0.2, 0.25) is 0 Å².